The molecule has 0 saturated heterocycles. The van der Waals surface area contributed by atoms with Crippen LogP contribution in [0.3, 0.4) is 0 Å². The summed E-state index contributed by atoms with van der Waals surface area (Å²) in [4.78, 5) is 35.1. The standard InChI is InChI=1S/C14H23BrN2O4/c1-5-21-12(18)8-16-14(20)11(6-9(2)3)17-13(19)10(4)7-15/h9,11H,4-8H2,1-3H3,(H,16,20)(H,17,19). The van der Waals surface area contributed by atoms with Crippen molar-refractivity contribution < 1.29 is 19.1 Å². The zero-order valence-electron chi connectivity index (χ0n) is 12.7. The number of carbonyl (C=O) groups excluding carboxylic acids is 3. The van der Waals surface area contributed by atoms with E-state index in [9.17, 15) is 14.4 Å². The van der Waals surface area contributed by atoms with Crippen LogP contribution >= 0.6 is 15.9 Å². The van der Waals surface area contributed by atoms with Crippen LogP contribution in [0.25, 0.3) is 0 Å². The van der Waals surface area contributed by atoms with Gasteiger partial charge in [-0.25, -0.2) is 0 Å². The second-order valence-corrected chi connectivity index (χ2v) is 5.48. The largest absolute Gasteiger partial charge is 0.465 e. The Morgan fingerprint density at radius 3 is 2.38 bits per heavy atom. The van der Waals surface area contributed by atoms with Gasteiger partial charge in [0.2, 0.25) is 11.8 Å². The number of rotatable bonds is 9. The van der Waals surface area contributed by atoms with E-state index < -0.39 is 17.9 Å². The predicted molar refractivity (Wildman–Crippen MR) is 84.0 cm³/mol. The summed E-state index contributed by atoms with van der Waals surface area (Å²) in [6, 6.07) is -0.706. The van der Waals surface area contributed by atoms with E-state index in [-0.39, 0.29) is 25.0 Å². The molecule has 120 valence electrons. The lowest BCUT2D eigenvalue weighted by Gasteiger charge is -2.20. The average Bonchev–Trinajstić information content (AvgIpc) is 2.42. The molecule has 0 heterocycles. The van der Waals surface area contributed by atoms with E-state index >= 15 is 0 Å². The fourth-order valence-corrected chi connectivity index (χ4v) is 1.77. The highest BCUT2D eigenvalue weighted by Crippen LogP contribution is 2.06. The molecule has 1 atom stereocenters. The summed E-state index contributed by atoms with van der Waals surface area (Å²) >= 11 is 3.14. The third-order valence-corrected chi connectivity index (χ3v) is 3.20. The van der Waals surface area contributed by atoms with Gasteiger partial charge in [-0.15, -0.1) is 0 Å². The van der Waals surface area contributed by atoms with Gasteiger partial charge in [0.15, 0.2) is 0 Å². The zero-order valence-corrected chi connectivity index (χ0v) is 14.3. The number of carbonyl (C=O) groups is 3. The first-order valence-corrected chi connectivity index (χ1v) is 7.91. The number of alkyl halides is 1. The van der Waals surface area contributed by atoms with E-state index in [1.165, 1.54) is 0 Å². The third kappa shape index (κ3) is 8.49. The maximum atomic E-state index is 12.1. The van der Waals surface area contributed by atoms with E-state index in [1.807, 2.05) is 13.8 Å². The van der Waals surface area contributed by atoms with Crippen LogP contribution in [0.2, 0.25) is 0 Å². The second-order valence-electron chi connectivity index (χ2n) is 4.92. The predicted octanol–water partition coefficient (Wildman–Crippen LogP) is 1.15. The summed E-state index contributed by atoms with van der Waals surface area (Å²) < 4.78 is 4.73. The molecule has 21 heavy (non-hydrogen) atoms. The van der Waals surface area contributed by atoms with Gasteiger partial charge in [0, 0.05) is 10.9 Å². The molecule has 2 amide bonds. The van der Waals surface area contributed by atoms with Crippen LogP contribution in [0.1, 0.15) is 27.2 Å². The number of amides is 2. The molecule has 0 aromatic heterocycles. The van der Waals surface area contributed by atoms with Gasteiger partial charge in [-0.05, 0) is 19.3 Å². The van der Waals surface area contributed by atoms with Gasteiger partial charge in [-0.2, -0.15) is 0 Å². The molecule has 0 aromatic rings. The lowest BCUT2D eigenvalue weighted by atomic mass is 10.0. The Labute approximate surface area is 133 Å². The molecule has 0 radical (unpaired) electrons. The molecule has 2 N–H and O–H groups in total. The second kappa shape index (κ2) is 10.4. The minimum Gasteiger partial charge on any atom is -0.465 e. The Balaban J connectivity index is 4.59. The van der Waals surface area contributed by atoms with Crippen LogP contribution < -0.4 is 10.6 Å². The van der Waals surface area contributed by atoms with Crippen LogP contribution in [0.4, 0.5) is 0 Å². The number of esters is 1. The third-order valence-electron chi connectivity index (χ3n) is 2.52. The van der Waals surface area contributed by atoms with Gasteiger partial charge in [-0.1, -0.05) is 36.4 Å². The van der Waals surface area contributed by atoms with Gasteiger partial charge < -0.3 is 15.4 Å². The van der Waals surface area contributed by atoms with Gasteiger partial charge in [-0.3, -0.25) is 14.4 Å². The van der Waals surface area contributed by atoms with E-state index in [1.54, 1.807) is 6.92 Å². The first-order chi connectivity index (χ1) is 9.81. The number of halogens is 1. The van der Waals surface area contributed by atoms with Crippen LogP contribution in [0, 0.1) is 5.92 Å². The first-order valence-electron chi connectivity index (χ1n) is 6.79. The van der Waals surface area contributed by atoms with Crippen molar-refractivity contribution >= 4 is 33.7 Å². The lowest BCUT2D eigenvalue weighted by molar-refractivity contribution is -0.143. The molecule has 0 rings (SSSR count). The van der Waals surface area contributed by atoms with Crippen LogP contribution in [0.5, 0.6) is 0 Å². The maximum Gasteiger partial charge on any atom is 0.325 e. The van der Waals surface area contributed by atoms with Gasteiger partial charge in [0.05, 0.1) is 6.61 Å². The quantitative estimate of drug-likeness (QED) is 0.366. The summed E-state index contributed by atoms with van der Waals surface area (Å²) in [5.74, 6) is -1.09. The fourth-order valence-electron chi connectivity index (χ4n) is 1.52. The smallest absolute Gasteiger partial charge is 0.325 e. The minimum atomic E-state index is -0.706. The lowest BCUT2D eigenvalue weighted by Crippen LogP contribution is -2.49. The summed E-state index contributed by atoms with van der Waals surface area (Å²) in [5.41, 5.74) is 0.335. The highest BCUT2D eigenvalue weighted by atomic mass is 79.9. The maximum absolute atomic E-state index is 12.1. The fraction of sp³-hybridized carbons (Fsp3) is 0.643. The molecule has 0 aromatic carbocycles. The summed E-state index contributed by atoms with van der Waals surface area (Å²) in [6.45, 7) is 9.21. The first kappa shape index (κ1) is 19.6. The van der Waals surface area contributed by atoms with Crippen molar-refractivity contribution in [1.29, 1.82) is 0 Å². The molecule has 0 spiro atoms. The highest BCUT2D eigenvalue weighted by molar-refractivity contribution is 9.09. The summed E-state index contributed by atoms with van der Waals surface area (Å²) in [7, 11) is 0. The van der Waals surface area contributed by atoms with Crippen molar-refractivity contribution in [2.45, 2.75) is 33.2 Å². The van der Waals surface area contributed by atoms with Crippen LogP contribution in [-0.2, 0) is 19.1 Å². The van der Waals surface area contributed by atoms with E-state index in [0.29, 0.717) is 17.3 Å². The molecule has 0 aliphatic carbocycles. The van der Waals surface area contributed by atoms with Crippen molar-refractivity contribution in [1.82, 2.24) is 10.6 Å². The molecule has 0 saturated carbocycles. The Bertz CT molecular complexity index is 396. The van der Waals surface area contributed by atoms with Gasteiger partial charge >= 0.3 is 5.97 Å². The van der Waals surface area contributed by atoms with Crippen molar-refractivity contribution in [3.63, 3.8) is 0 Å². The number of hydrogen-bond donors (Lipinski definition) is 2. The summed E-state index contributed by atoms with van der Waals surface area (Å²) in [6.07, 6.45) is 0.468. The van der Waals surface area contributed by atoms with Gasteiger partial charge in [0.25, 0.3) is 0 Å². The molecule has 0 fully saturated rings. The topological polar surface area (TPSA) is 84.5 Å². The Morgan fingerprint density at radius 2 is 1.90 bits per heavy atom. The van der Waals surface area contributed by atoms with E-state index in [2.05, 4.69) is 33.1 Å². The summed E-state index contributed by atoms with van der Waals surface area (Å²) in [5, 5.41) is 5.42. The van der Waals surface area contributed by atoms with Crippen molar-refractivity contribution in [2.75, 3.05) is 18.5 Å². The highest BCUT2D eigenvalue weighted by Gasteiger charge is 2.23. The van der Waals surface area contributed by atoms with Gasteiger partial charge in [0.1, 0.15) is 12.6 Å². The Hall–Kier alpha value is -1.37. The zero-order chi connectivity index (χ0) is 16.4. The molecule has 1 unspecified atom stereocenters. The SMILES string of the molecule is C=C(CBr)C(=O)NC(CC(C)C)C(=O)NCC(=O)OCC. The molecule has 0 bridgehead atoms. The molecular weight excluding hydrogens is 340 g/mol. The molecule has 6 nitrogen and oxygen atoms in total. The normalized spacial score (nSPS) is 11.7. The van der Waals surface area contributed by atoms with Crippen molar-refractivity contribution in [3.8, 4) is 0 Å². The number of ether oxygens (including phenoxy) is 1. The van der Waals surface area contributed by atoms with Crippen LogP contribution in [0.15, 0.2) is 12.2 Å². The average molecular weight is 363 g/mol. The van der Waals surface area contributed by atoms with Crippen molar-refractivity contribution in [3.05, 3.63) is 12.2 Å². The molecule has 0 aliphatic rings. The molecule has 0 aliphatic heterocycles. The molecular formula is C14H23BrN2O4. The van der Waals surface area contributed by atoms with E-state index in [0.717, 1.165) is 0 Å². The Kier molecular flexibility index (Phi) is 9.69. The minimum absolute atomic E-state index is 0.209. The van der Waals surface area contributed by atoms with Crippen molar-refractivity contribution in [2.24, 2.45) is 5.92 Å². The Morgan fingerprint density at radius 1 is 1.29 bits per heavy atom. The van der Waals surface area contributed by atoms with E-state index in [4.69, 9.17) is 4.74 Å². The number of nitrogens with one attached hydrogen (secondary N) is 2. The monoisotopic (exact) mass is 362 g/mol. The molecule has 7 heteroatoms. The number of hydrogen-bond acceptors (Lipinski definition) is 4. The van der Waals surface area contributed by atoms with Crippen LogP contribution in [-0.4, -0.2) is 42.3 Å².